The van der Waals surface area contributed by atoms with E-state index in [4.69, 9.17) is 0 Å². The van der Waals surface area contributed by atoms with Crippen LogP contribution in [-0.2, 0) is 33.4 Å². The van der Waals surface area contributed by atoms with Crippen LogP contribution in [0, 0.1) is 5.92 Å². The molecule has 0 fully saturated rings. The Morgan fingerprint density at radius 2 is 1.67 bits per heavy atom. The average Bonchev–Trinajstić information content (AvgIpc) is 2.37. The fourth-order valence-corrected chi connectivity index (χ4v) is 1.21. The van der Waals surface area contributed by atoms with Crippen LogP contribution >= 0.6 is 0 Å². The Kier molecular flexibility index (Phi) is 7.34. The molecule has 0 aromatic carbocycles. The fraction of sp³-hybridized carbons (Fsp3) is 0.636. The smallest absolute Gasteiger partial charge is 0.375 e. The lowest BCUT2D eigenvalue weighted by atomic mass is 9.98. The van der Waals surface area contributed by atoms with Gasteiger partial charge in [0.15, 0.2) is 0 Å². The molecule has 7 nitrogen and oxygen atoms in total. The quantitative estimate of drug-likeness (QED) is 0.272. The van der Waals surface area contributed by atoms with Crippen LogP contribution in [0.4, 0.5) is 0 Å². The predicted octanol–water partition coefficient (Wildman–Crippen LogP) is -0.139. The van der Waals surface area contributed by atoms with Crippen molar-refractivity contribution >= 4 is 23.7 Å². The van der Waals surface area contributed by atoms with E-state index in [9.17, 15) is 19.2 Å². The van der Waals surface area contributed by atoms with E-state index in [1.165, 1.54) is 14.0 Å². The van der Waals surface area contributed by atoms with Crippen molar-refractivity contribution in [3.05, 3.63) is 0 Å². The number of ketones is 1. The Morgan fingerprint density at radius 3 is 2.11 bits per heavy atom. The van der Waals surface area contributed by atoms with E-state index in [0.717, 1.165) is 7.11 Å². The molecular weight excluding hydrogens is 244 g/mol. The number of hydrogen-bond acceptors (Lipinski definition) is 7. The van der Waals surface area contributed by atoms with Gasteiger partial charge in [0.1, 0.15) is 5.92 Å². The van der Waals surface area contributed by atoms with Gasteiger partial charge in [0.25, 0.3) is 5.78 Å². The highest BCUT2D eigenvalue weighted by Crippen LogP contribution is 2.12. The molecule has 0 aliphatic carbocycles. The minimum atomic E-state index is -1.34. The molecule has 0 spiro atoms. The van der Waals surface area contributed by atoms with Gasteiger partial charge in [-0.2, -0.15) is 0 Å². The van der Waals surface area contributed by atoms with Gasteiger partial charge in [-0.25, -0.2) is 4.79 Å². The third kappa shape index (κ3) is 4.94. The molecule has 0 aliphatic heterocycles. The molecule has 0 N–H and O–H groups in total. The standard InChI is InChI=1S/C11H16O7/c1-4-18-11(15)9(13)7(10(14)17-3)5-6-8(12)16-2/h7H,4-6H2,1-3H3. The van der Waals surface area contributed by atoms with Crippen molar-refractivity contribution in [1.82, 2.24) is 0 Å². The van der Waals surface area contributed by atoms with Gasteiger partial charge in [-0.3, -0.25) is 14.4 Å². The molecule has 0 rings (SSSR count). The lowest BCUT2D eigenvalue weighted by molar-refractivity contribution is -0.161. The van der Waals surface area contributed by atoms with Crippen LogP contribution in [0.1, 0.15) is 19.8 Å². The summed E-state index contributed by atoms with van der Waals surface area (Å²) < 4.78 is 13.3. The van der Waals surface area contributed by atoms with E-state index in [0.29, 0.717) is 0 Å². The normalized spacial score (nSPS) is 11.3. The van der Waals surface area contributed by atoms with E-state index < -0.39 is 29.6 Å². The highest BCUT2D eigenvalue weighted by molar-refractivity contribution is 6.37. The Hall–Kier alpha value is -1.92. The molecule has 18 heavy (non-hydrogen) atoms. The molecular formula is C11H16O7. The summed E-state index contributed by atoms with van der Waals surface area (Å²) in [6.07, 6.45) is -0.321. The molecule has 1 atom stereocenters. The molecule has 0 bridgehead atoms. The molecule has 0 aliphatic rings. The maximum absolute atomic E-state index is 11.6. The van der Waals surface area contributed by atoms with E-state index in [1.807, 2.05) is 0 Å². The van der Waals surface area contributed by atoms with E-state index in [-0.39, 0.29) is 19.4 Å². The van der Waals surface area contributed by atoms with Gasteiger partial charge in [0, 0.05) is 6.42 Å². The second kappa shape index (κ2) is 8.21. The summed E-state index contributed by atoms with van der Waals surface area (Å²) >= 11 is 0. The van der Waals surface area contributed by atoms with Gasteiger partial charge in [0.05, 0.1) is 20.8 Å². The molecule has 0 heterocycles. The van der Waals surface area contributed by atoms with Crippen LogP contribution in [0.25, 0.3) is 0 Å². The highest BCUT2D eigenvalue weighted by atomic mass is 16.5. The van der Waals surface area contributed by atoms with Crippen molar-refractivity contribution in [3.63, 3.8) is 0 Å². The van der Waals surface area contributed by atoms with Crippen LogP contribution in [0.15, 0.2) is 0 Å². The first-order valence-corrected chi connectivity index (χ1v) is 5.33. The first-order valence-electron chi connectivity index (χ1n) is 5.33. The lowest BCUT2D eigenvalue weighted by Gasteiger charge is -2.11. The Labute approximate surface area is 104 Å². The van der Waals surface area contributed by atoms with Crippen molar-refractivity contribution in [3.8, 4) is 0 Å². The van der Waals surface area contributed by atoms with Crippen LogP contribution in [-0.4, -0.2) is 44.5 Å². The molecule has 0 aromatic heterocycles. The summed E-state index contributed by atoms with van der Waals surface area (Å²) in [5.74, 6) is -4.93. The number of rotatable bonds is 7. The second-order valence-corrected chi connectivity index (χ2v) is 3.28. The zero-order valence-electron chi connectivity index (χ0n) is 10.6. The second-order valence-electron chi connectivity index (χ2n) is 3.28. The summed E-state index contributed by atoms with van der Waals surface area (Å²) in [6, 6.07) is 0. The lowest BCUT2D eigenvalue weighted by Crippen LogP contribution is -2.33. The summed E-state index contributed by atoms with van der Waals surface area (Å²) in [7, 11) is 2.27. The van der Waals surface area contributed by atoms with Crippen molar-refractivity contribution < 1.29 is 33.4 Å². The van der Waals surface area contributed by atoms with E-state index >= 15 is 0 Å². The Morgan fingerprint density at radius 1 is 1.06 bits per heavy atom. The zero-order chi connectivity index (χ0) is 14.1. The third-order valence-corrected chi connectivity index (χ3v) is 2.14. The van der Waals surface area contributed by atoms with Crippen molar-refractivity contribution in [1.29, 1.82) is 0 Å². The summed E-state index contributed by atoms with van der Waals surface area (Å²) in [6.45, 7) is 1.56. The SMILES string of the molecule is CCOC(=O)C(=O)C(CCC(=O)OC)C(=O)OC. The van der Waals surface area contributed by atoms with Gasteiger partial charge < -0.3 is 14.2 Å². The van der Waals surface area contributed by atoms with Gasteiger partial charge >= 0.3 is 17.9 Å². The number of hydrogen-bond donors (Lipinski definition) is 0. The molecule has 0 aromatic rings. The fourth-order valence-electron chi connectivity index (χ4n) is 1.21. The van der Waals surface area contributed by atoms with Gasteiger partial charge in [-0.15, -0.1) is 0 Å². The monoisotopic (exact) mass is 260 g/mol. The predicted molar refractivity (Wildman–Crippen MR) is 58.4 cm³/mol. The van der Waals surface area contributed by atoms with Gasteiger partial charge in [-0.05, 0) is 13.3 Å². The van der Waals surface area contributed by atoms with Crippen molar-refractivity contribution in [2.75, 3.05) is 20.8 Å². The van der Waals surface area contributed by atoms with Crippen molar-refractivity contribution in [2.45, 2.75) is 19.8 Å². The third-order valence-electron chi connectivity index (χ3n) is 2.14. The topological polar surface area (TPSA) is 96.0 Å². The van der Waals surface area contributed by atoms with Gasteiger partial charge in [0.2, 0.25) is 0 Å². The molecule has 7 heteroatoms. The number of ether oxygens (including phenoxy) is 3. The first-order chi connectivity index (χ1) is 8.47. The van der Waals surface area contributed by atoms with E-state index in [2.05, 4.69) is 14.2 Å². The minimum absolute atomic E-state index is 0.0233. The molecule has 102 valence electrons. The van der Waals surface area contributed by atoms with Crippen LogP contribution in [0.2, 0.25) is 0 Å². The summed E-state index contributed by atoms with van der Waals surface area (Å²) in [5.41, 5.74) is 0. The molecule has 0 saturated heterocycles. The van der Waals surface area contributed by atoms with Crippen LogP contribution in [0.5, 0.6) is 0 Å². The molecule has 0 radical (unpaired) electrons. The largest absolute Gasteiger partial charge is 0.469 e. The molecule has 0 amide bonds. The summed E-state index contributed by atoms with van der Waals surface area (Å²) in [4.78, 5) is 45.1. The number of Topliss-reactive ketones (excluding diaryl/α,β-unsaturated/α-hetero) is 1. The maximum Gasteiger partial charge on any atom is 0.375 e. The van der Waals surface area contributed by atoms with E-state index in [1.54, 1.807) is 0 Å². The van der Waals surface area contributed by atoms with Gasteiger partial charge in [-0.1, -0.05) is 0 Å². The zero-order valence-corrected chi connectivity index (χ0v) is 10.6. The van der Waals surface area contributed by atoms with Crippen LogP contribution < -0.4 is 0 Å². The summed E-state index contributed by atoms with van der Waals surface area (Å²) in [5, 5.41) is 0. The Bertz CT molecular complexity index is 334. The highest BCUT2D eigenvalue weighted by Gasteiger charge is 2.33. The number of esters is 3. The number of methoxy groups -OCH3 is 2. The minimum Gasteiger partial charge on any atom is -0.469 e. The molecule has 0 saturated carbocycles. The first kappa shape index (κ1) is 16.1. The van der Waals surface area contributed by atoms with Crippen molar-refractivity contribution in [2.24, 2.45) is 5.92 Å². The molecule has 1 unspecified atom stereocenters. The van der Waals surface area contributed by atoms with Crippen LogP contribution in [0.3, 0.4) is 0 Å². The maximum atomic E-state index is 11.6. The number of carbonyl (C=O) groups is 4. The number of carbonyl (C=O) groups excluding carboxylic acids is 4. The Balaban J connectivity index is 4.67. The average molecular weight is 260 g/mol.